The Kier molecular flexibility index (Phi) is 6.38. The van der Waals surface area contributed by atoms with E-state index in [0.717, 1.165) is 55.3 Å². The maximum atomic E-state index is 14.3. The molecule has 4 rings (SSSR count). The van der Waals surface area contributed by atoms with Crippen LogP contribution in [0.2, 0.25) is 0 Å². The summed E-state index contributed by atoms with van der Waals surface area (Å²) in [6, 6.07) is 9.27. The summed E-state index contributed by atoms with van der Waals surface area (Å²) in [5.74, 6) is -0.355. The Morgan fingerprint density at radius 1 is 1.19 bits per heavy atom. The standard InChI is InChI=1S/C25H31F2N3O2/c1-25(2)14-19-12-17(4-7-23(19)32-25)15-28-24(31)30(21-8-10-29(3)11-9-21)16-18-5-6-20(26)13-22(18)27/h4-7,12-13,21H,8-11,14-16H2,1-3H3,(H,28,31). The normalized spacial score (nSPS) is 18.2. The molecule has 2 aliphatic rings. The van der Waals surface area contributed by atoms with Gasteiger partial charge in [-0.2, -0.15) is 0 Å². The quantitative estimate of drug-likeness (QED) is 0.741. The molecule has 0 saturated carbocycles. The van der Waals surface area contributed by atoms with Crippen LogP contribution in [-0.2, 0) is 19.5 Å². The van der Waals surface area contributed by atoms with Gasteiger partial charge >= 0.3 is 6.03 Å². The summed E-state index contributed by atoms with van der Waals surface area (Å²) in [7, 11) is 2.05. The Bertz CT molecular complexity index is 987. The van der Waals surface area contributed by atoms with Gasteiger partial charge in [-0.05, 0) is 70.1 Å². The third kappa shape index (κ3) is 5.21. The van der Waals surface area contributed by atoms with Crippen molar-refractivity contribution in [2.45, 2.75) is 57.8 Å². The molecule has 0 radical (unpaired) electrons. The van der Waals surface area contributed by atoms with E-state index in [1.165, 1.54) is 12.1 Å². The molecular weight excluding hydrogens is 412 g/mol. The van der Waals surface area contributed by atoms with Crippen LogP contribution >= 0.6 is 0 Å². The monoisotopic (exact) mass is 443 g/mol. The molecule has 0 aliphatic carbocycles. The molecule has 2 aliphatic heterocycles. The third-order valence-corrected chi connectivity index (χ3v) is 6.32. The topological polar surface area (TPSA) is 44.8 Å². The van der Waals surface area contributed by atoms with Gasteiger partial charge in [0.05, 0.1) is 6.54 Å². The number of urea groups is 1. The van der Waals surface area contributed by atoms with Gasteiger partial charge in [0.15, 0.2) is 0 Å². The smallest absolute Gasteiger partial charge is 0.318 e. The summed E-state index contributed by atoms with van der Waals surface area (Å²) in [5.41, 5.74) is 2.24. The summed E-state index contributed by atoms with van der Waals surface area (Å²) >= 11 is 0. The van der Waals surface area contributed by atoms with Gasteiger partial charge < -0.3 is 19.9 Å². The molecule has 2 aromatic carbocycles. The zero-order chi connectivity index (χ0) is 22.9. The van der Waals surface area contributed by atoms with Crippen LogP contribution in [-0.4, -0.2) is 47.6 Å². The Morgan fingerprint density at radius 2 is 1.94 bits per heavy atom. The zero-order valence-electron chi connectivity index (χ0n) is 19.0. The number of hydrogen-bond acceptors (Lipinski definition) is 3. The molecule has 0 bridgehead atoms. The minimum Gasteiger partial charge on any atom is -0.487 e. The molecular formula is C25H31F2N3O2. The predicted molar refractivity (Wildman–Crippen MR) is 120 cm³/mol. The van der Waals surface area contributed by atoms with E-state index in [-0.39, 0.29) is 24.2 Å². The number of ether oxygens (including phenoxy) is 1. The van der Waals surface area contributed by atoms with Crippen molar-refractivity contribution in [3.8, 4) is 5.75 Å². The van der Waals surface area contributed by atoms with E-state index >= 15 is 0 Å². The van der Waals surface area contributed by atoms with Crippen molar-refractivity contribution in [3.63, 3.8) is 0 Å². The maximum Gasteiger partial charge on any atom is 0.318 e. The first kappa shape index (κ1) is 22.5. The number of halogens is 2. The van der Waals surface area contributed by atoms with Crippen LogP contribution < -0.4 is 10.1 Å². The summed E-state index contributed by atoms with van der Waals surface area (Å²) in [6.07, 6.45) is 2.46. The van der Waals surface area contributed by atoms with E-state index in [0.29, 0.717) is 12.1 Å². The van der Waals surface area contributed by atoms with Crippen molar-refractivity contribution in [2.24, 2.45) is 0 Å². The fraction of sp³-hybridized carbons (Fsp3) is 0.480. The largest absolute Gasteiger partial charge is 0.487 e. The lowest BCUT2D eigenvalue weighted by molar-refractivity contribution is 0.126. The molecule has 1 fully saturated rings. The lowest BCUT2D eigenvalue weighted by atomic mass is 10.0. The predicted octanol–water partition coefficient (Wildman–Crippen LogP) is 4.48. The first-order chi connectivity index (χ1) is 15.2. The fourth-order valence-electron chi connectivity index (χ4n) is 4.56. The second kappa shape index (κ2) is 9.06. The molecule has 0 atom stereocenters. The number of fused-ring (bicyclic) bond motifs is 1. The maximum absolute atomic E-state index is 14.3. The molecule has 1 saturated heterocycles. The lowest BCUT2D eigenvalue weighted by Crippen LogP contribution is -2.49. The van der Waals surface area contributed by atoms with Crippen molar-refractivity contribution in [2.75, 3.05) is 20.1 Å². The average molecular weight is 444 g/mol. The van der Waals surface area contributed by atoms with Gasteiger partial charge in [0.1, 0.15) is 23.0 Å². The lowest BCUT2D eigenvalue weighted by Gasteiger charge is -2.37. The number of benzene rings is 2. The Morgan fingerprint density at radius 3 is 2.66 bits per heavy atom. The van der Waals surface area contributed by atoms with Gasteiger partial charge in [0.2, 0.25) is 0 Å². The molecule has 0 unspecified atom stereocenters. The van der Waals surface area contributed by atoms with Crippen molar-refractivity contribution < 1.29 is 18.3 Å². The molecule has 1 N–H and O–H groups in total. The van der Waals surface area contributed by atoms with Crippen LogP contribution in [0.4, 0.5) is 13.6 Å². The SMILES string of the molecule is CN1CCC(N(Cc2ccc(F)cc2F)C(=O)NCc2ccc3c(c2)CC(C)(C)O3)CC1. The van der Waals surface area contributed by atoms with Crippen LogP contribution in [0.3, 0.4) is 0 Å². The van der Waals surface area contributed by atoms with E-state index in [1.54, 1.807) is 4.90 Å². The number of rotatable bonds is 5. The number of carbonyl (C=O) groups is 1. The van der Waals surface area contributed by atoms with Gasteiger partial charge in [0.25, 0.3) is 0 Å². The number of likely N-dealkylation sites (tertiary alicyclic amines) is 1. The second-order valence-electron chi connectivity index (χ2n) is 9.54. The zero-order valence-corrected chi connectivity index (χ0v) is 19.0. The highest BCUT2D eigenvalue weighted by Crippen LogP contribution is 2.35. The van der Waals surface area contributed by atoms with E-state index < -0.39 is 11.6 Å². The Balaban J connectivity index is 1.46. The Hall–Kier alpha value is -2.67. The summed E-state index contributed by atoms with van der Waals surface area (Å²) in [4.78, 5) is 17.1. The van der Waals surface area contributed by atoms with E-state index in [2.05, 4.69) is 37.2 Å². The van der Waals surface area contributed by atoms with Gasteiger partial charge in [-0.25, -0.2) is 13.6 Å². The van der Waals surface area contributed by atoms with E-state index in [1.807, 2.05) is 12.1 Å². The van der Waals surface area contributed by atoms with Gasteiger partial charge in [-0.1, -0.05) is 18.2 Å². The number of amides is 2. The molecule has 32 heavy (non-hydrogen) atoms. The summed E-state index contributed by atoms with van der Waals surface area (Å²) in [6.45, 7) is 6.35. The summed E-state index contributed by atoms with van der Waals surface area (Å²) < 4.78 is 33.6. The minimum absolute atomic E-state index is 0.00451. The molecule has 7 heteroatoms. The van der Waals surface area contributed by atoms with E-state index in [4.69, 9.17) is 4.74 Å². The first-order valence-electron chi connectivity index (χ1n) is 11.2. The van der Waals surface area contributed by atoms with Crippen molar-refractivity contribution >= 4 is 6.03 Å². The molecule has 0 aromatic heterocycles. The van der Waals surface area contributed by atoms with Crippen molar-refractivity contribution in [1.29, 1.82) is 0 Å². The number of nitrogens with one attached hydrogen (secondary N) is 1. The molecule has 2 aromatic rings. The van der Waals surface area contributed by atoms with Gasteiger partial charge in [0, 0.05) is 30.6 Å². The highest BCUT2D eigenvalue weighted by atomic mass is 19.1. The summed E-state index contributed by atoms with van der Waals surface area (Å²) in [5, 5.41) is 3.01. The van der Waals surface area contributed by atoms with Crippen LogP contribution in [0.25, 0.3) is 0 Å². The second-order valence-corrected chi connectivity index (χ2v) is 9.54. The fourth-order valence-corrected chi connectivity index (χ4v) is 4.56. The molecule has 2 heterocycles. The number of nitrogens with zero attached hydrogens (tertiary/aromatic N) is 2. The number of carbonyl (C=O) groups excluding carboxylic acids is 1. The van der Waals surface area contributed by atoms with Crippen LogP contribution in [0.1, 0.15) is 43.4 Å². The van der Waals surface area contributed by atoms with Gasteiger partial charge in [-0.3, -0.25) is 0 Å². The molecule has 2 amide bonds. The molecule has 172 valence electrons. The van der Waals surface area contributed by atoms with Gasteiger partial charge in [-0.15, -0.1) is 0 Å². The highest BCUT2D eigenvalue weighted by molar-refractivity contribution is 5.74. The third-order valence-electron chi connectivity index (χ3n) is 6.32. The minimum atomic E-state index is -0.628. The van der Waals surface area contributed by atoms with Crippen molar-refractivity contribution in [3.05, 3.63) is 64.7 Å². The van der Waals surface area contributed by atoms with E-state index in [9.17, 15) is 13.6 Å². The van der Waals surface area contributed by atoms with Crippen LogP contribution in [0.5, 0.6) is 5.75 Å². The number of piperidine rings is 1. The van der Waals surface area contributed by atoms with Crippen molar-refractivity contribution in [1.82, 2.24) is 15.1 Å². The number of hydrogen-bond donors (Lipinski definition) is 1. The Labute approximate surface area is 188 Å². The molecule has 5 nitrogen and oxygen atoms in total. The average Bonchev–Trinajstić information content (AvgIpc) is 3.05. The van der Waals surface area contributed by atoms with Crippen LogP contribution in [0.15, 0.2) is 36.4 Å². The first-order valence-corrected chi connectivity index (χ1v) is 11.2. The molecule has 0 spiro atoms. The van der Waals surface area contributed by atoms with Crippen LogP contribution in [0, 0.1) is 11.6 Å². The highest BCUT2D eigenvalue weighted by Gasteiger charge is 2.30.